The lowest BCUT2D eigenvalue weighted by atomic mass is 9.49. The lowest BCUT2D eigenvalue weighted by Crippen LogP contribution is -2.55. The molecular weight excluding hydrogens is 603 g/mol. The summed E-state index contributed by atoms with van der Waals surface area (Å²) in [5, 5.41) is 24.9. The van der Waals surface area contributed by atoms with Crippen molar-refractivity contribution < 1.29 is 24.1 Å². The number of nitrogens with zero attached hydrogens (tertiary/aromatic N) is 1. The summed E-state index contributed by atoms with van der Waals surface area (Å²) in [6.07, 6.45) is 6.19. The predicted molar refractivity (Wildman–Crippen MR) is 192 cm³/mol. The SMILES string of the molecule is CC(C)[Si](OCC#C[C@@]1(O)CC[C@H]2C3CC[C@@]4(O)CC5(CCC4=C3[C@@H](c3ccc(N(C)C)cc3)C[C@]21C)OCCO5)(C(C)C)C(C)C. The molecule has 1 heterocycles. The van der Waals surface area contributed by atoms with Gasteiger partial charge in [0.15, 0.2) is 5.79 Å². The second-order valence-electron chi connectivity index (χ2n) is 17.0. The number of hydrogen-bond donors (Lipinski definition) is 2. The van der Waals surface area contributed by atoms with Gasteiger partial charge in [0.25, 0.3) is 0 Å². The predicted octanol–water partition coefficient (Wildman–Crippen LogP) is 7.95. The number of rotatable bonds is 7. The third-order valence-electron chi connectivity index (χ3n) is 13.6. The Morgan fingerprint density at radius 2 is 1.57 bits per heavy atom. The molecule has 4 fully saturated rings. The number of ether oxygens (including phenoxy) is 2. The van der Waals surface area contributed by atoms with E-state index in [4.69, 9.17) is 13.9 Å². The highest BCUT2D eigenvalue weighted by molar-refractivity contribution is 6.77. The molecule has 260 valence electrons. The van der Waals surface area contributed by atoms with Crippen LogP contribution in [0, 0.1) is 29.1 Å². The quantitative estimate of drug-likeness (QED) is 0.175. The Morgan fingerprint density at radius 1 is 0.936 bits per heavy atom. The van der Waals surface area contributed by atoms with E-state index in [2.05, 4.69) is 104 Å². The van der Waals surface area contributed by atoms with Gasteiger partial charge in [0.05, 0.1) is 25.4 Å². The van der Waals surface area contributed by atoms with Crippen molar-refractivity contribution in [1.82, 2.24) is 0 Å². The minimum atomic E-state index is -2.04. The van der Waals surface area contributed by atoms with Crippen LogP contribution in [0.3, 0.4) is 0 Å². The fourth-order valence-electron chi connectivity index (χ4n) is 11.4. The molecule has 3 saturated carbocycles. The van der Waals surface area contributed by atoms with Crippen molar-refractivity contribution in [3.05, 3.63) is 41.0 Å². The molecule has 6 rings (SSSR count). The molecule has 1 unspecified atom stereocenters. The van der Waals surface area contributed by atoms with Crippen molar-refractivity contribution in [2.24, 2.45) is 17.3 Å². The minimum absolute atomic E-state index is 0.115. The zero-order valence-corrected chi connectivity index (χ0v) is 31.6. The van der Waals surface area contributed by atoms with Crippen LogP contribution >= 0.6 is 0 Å². The molecule has 1 aromatic carbocycles. The molecule has 6 atom stereocenters. The average Bonchev–Trinajstić information content (AvgIpc) is 3.56. The molecule has 1 spiro atoms. The van der Waals surface area contributed by atoms with Crippen molar-refractivity contribution in [2.45, 2.75) is 139 Å². The smallest absolute Gasteiger partial charge is 0.201 e. The number of hydrogen-bond acceptors (Lipinski definition) is 6. The summed E-state index contributed by atoms with van der Waals surface area (Å²) < 4.78 is 19.1. The van der Waals surface area contributed by atoms with Crippen LogP contribution < -0.4 is 4.90 Å². The minimum Gasteiger partial charge on any atom is -0.405 e. The second kappa shape index (κ2) is 12.6. The van der Waals surface area contributed by atoms with Crippen LogP contribution in [0.1, 0.15) is 111 Å². The molecule has 6 nitrogen and oxygen atoms in total. The summed E-state index contributed by atoms with van der Waals surface area (Å²) in [5.74, 6) is 6.97. The molecule has 47 heavy (non-hydrogen) atoms. The molecule has 2 N–H and O–H groups in total. The van der Waals surface area contributed by atoms with Gasteiger partial charge in [-0.25, -0.2) is 0 Å². The Hall–Kier alpha value is -1.66. The van der Waals surface area contributed by atoms with Crippen molar-refractivity contribution >= 4 is 14.0 Å². The Balaban J connectivity index is 1.36. The fraction of sp³-hybridized carbons (Fsp3) is 0.750. The van der Waals surface area contributed by atoms with E-state index in [9.17, 15) is 10.2 Å². The molecule has 0 bridgehead atoms. The first kappa shape index (κ1) is 35.2. The molecule has 0 radical (unpaired) electrons. The van der Waals surface area contributed by atoms with Crippen LogP contribution in [0.2, 0.25) is 16.6 Å². The van der Waals surface area contributed by atoms with Crippen LogP contribution in [0.25, 0.3) is 0 Å². The van der Waals surface area contributed by atoms with E-state index >= 15 is 0 Å². The number of benzene rings is 1. The van der Waals surface area contributed by atoms with Gasteiger partial charge in [0.1, 0.15) is 5.60 Å². The van der Waals surface area contributed by atoms with Crippen LogP contribution in [0.5, 0.6) is 0 Å². The van der Waals surface area contributed by atoms with E-state index in [-0.39, 0.29) is 11.3 Å². The van der Waals surface area contributed by atoms with E-state index in [0.29, 0.717) is 67.5 Å². The van der Waals surface area contributed by atoms with E-state index in [1.165, 1.54) is 22.4 Å². The monoisotopic (exact) mass is 663 g/mol. The summed E-state index contributed by atoms with van der Waals surface area (Å²) in [7, 11) is 2.10. The summed E-state index contributed by atoms with van der Waals surface area (Å²) in [6.45, 7) is 17.7. The Labute approximate surface area is 285 Å². The Bertz CT molecular complexity index is 1380. The third kappa shape index (κ3) is 5.67. The maximum atomic E-state index is 12.6. The standard InChI is InChI=1S/C40H61NO5Si/c1-27(2)47(28(3)4,29(5)6)46-22-10-18-39(43)20-16-34-32-15-19-38(42)26-40(44-23-24-45-40)21-17-35(38)36(32)33(25-37(34,39)7)30-11-13-31(14-12-30)41(8)9/h11-14,27-29,32-34,42-43H,15-17,19-26H2,1-9H3/t32?,33-,34+,37-,38-,39-/m1/s1. The van der Waals surface area contributed by atoms with Crippen molar-refractivity contribution in [3.8, 4) is 11.8 Å². The zero-order valence-electron chi connectivity index (χ0n) is 30.6. The topological polar surface area (TPSA) is 71.4 Å². The zero-order chi connectivity index (χ0) is 34.0. The molecule has 1 saturated heterocycles. The molecular formula is C40H61NO5Si. The summed E-state index contributed by atoms with van der Waals surface area (Å²) in [6, 6.07) is 8.97. The van der Waals surface area contributed by atoms with Gasteiger partial charge in [-0.05, 0) is 90.3 Å². The van der Waals surface area contributed by atoms with Crippen molar-refractivity contribution in [3.63, 3.8) is 0 Å². The lowest BCUT2D eigenvalue weighted by Gasteiger charge is -2.57. The van der Waals surface area contributed by atoms with Crippen LogP contribution in [0.4, 0.5) is 5.69 Å². The molecule has 1 aliphatic heterocycles. The first-order valence-corrected chi connectivity index (χ1v) is 20.6. The highest BCUT2D eigenvalue weighted by atomic mass is 28.4. The summed E-state index contributed by atoms with van der Waals surface area (Å²) in [4.78, 5) is 2.14. The molecule has 7 heteroatoms. The Kier molecular flexibility index (Phi) is 9.42. The average molecular weight is 664 g/mol. The van der Waals surface area contributed by atoms with Gasteiger partial charge in [-0.3, -0.25) is 0 Å². The molecule has 0 amide bonds. The largest absolute Gasteiger partial charge is 0.405 e. The molecule has 0 aromatic heterocycles. The van der Waals surface area contributed by atoms with Gasteiger partial charge in [0.2, 0.25) is 8.32 Å². The van der Waals surface area contributed by atoms with E-state index < -0.39 is 25.3 Å². The van der Waals surface area contributed by atoms with Gasteiger partial charge < -0.3 is 29.0 Å². The lowest BCUT2D eigenvalue weighted by molar-refractivity contribution is -0.208. The van der Waals surface area contributed by atoms with Crippen molar-refractivity contribution in [1.29, 1.82) is 0 Å². The maximum Gasteiger partial charge on any atom is 0.201 e. The first-order valence-electron chi connectivity index (χ1n) is 18.5. The number of fused-ring (bicyclic) bond motifs is 4. The molecule has 5 aliphatic rings. The van der Waals surface area contributed by atoms with Crippen LogP contribution in [-0.4, -0.2) is 69.4 Å². The Morgan fingerprint density at radius 3 is 2.17 bits per heavy atom. The highest BCUT2D eigenvalue weighted by Gasteiger charge is 2.64. The number of aliphatic hydroxyl groups is 2. The van der Waals surface area contributed by atoms with Crippen LogP contribution in [-0.2, 0) is 13.9 Å². The van der Waals surface area contributed by atoms with Crippen molar-refractivity contribution in [2.75, 3.05) is 38.8 Å². The summed E-state index contributed by atoms with van der Waals surface area (Å²) >= 11 is 0. The number of allylic oxidation sites excluding steroid dienone is 1. The number of anilines is 1. The highest BCUT2D eigenvalue weighted by Crippen LogP contribution is 2.68. The van der Waals surface area contributed by atoms with Gasteiger partial charge in [-0.15, -0.1) is 0 Å². The maximum absolute atomic E-state index is 12.6. The second-order valence-corrected chi connectivity index (χ2v) is 22.4. The van der Waals surface area contributed by atoms with Gasteiger partial charge in [0, 0.05) is 44.0 Å². The van der Waals surface area contributed by atoms with E-state index in [1.807, 2.05) is 0 Å². The molecule has 1 aromatic rings. The first-order chi connectivity index (χ1) is 22.1. The third-order valence-corrected chi connectivity index (χ3v) is 19.6. The normalized spacial score (nSPS) is 34.8. The van der Waals surface area contributed by atoms with E-state index in [0.717, 1.165) is 32.1 Å². The van der Waals surface area contributed by atoms with Gasteiger partial charge in [-0.2, -0.15) is 0 Å². The molecule has 4 aliphatic carbocycles. The van der Waals surface area contributed by atoms with Gasteiger partial charge >= 0.3 is 0 Å². The van der Waals surface area contributed by atoms with Crippen LogP contribution in [0.15, 0.2) is 35.4 Å². The van der Waals surface area contributed by atoms with Gasteiger partial charge in [-0.1, -0.05) is 78.0 Å². The summed E-state index contributed by atoms with van der Waals surface area (Å²) in [5.41, 5.74) is 4.25. The van der Waals surface area contributed by atoms with E-state index in [1.54, 1.807) is 0 Å². The fourth-order valence-corrected chi connectivity index (χ4v) is 16.7.